The maximum absolute atomic E-state index is 12.8. The third-order valence-electron chi connectivity index (χ3n) is 3.60. The quantitative estimate of drug-likeness (QED) is 0.741. The summed E-state index contributed by atoms with van der Waals surface area (Å²) in [4.78, 5) is 17.6. The molecule has 0 bridgehead atoms. The molecule has 1 aromatic heterocycles. The van der Waals surface area contributed by atoms with Crippen LogP contribution in [0.2, 0.25) is 5.02 Å². The van der Waals surface area contributed by atoms with Crippen molar-refractivity contribution in [2.45, 2.75) is 18.8 Å². The number of alkyl halides is 3. The number of hydrogen-bond acceptors (Lipinski definition) is 4. The Morgan fingerprint density at radius 3 is 2.48 bits per heavy atom. The first-order valence-corrected chi connectivity index (χ1v) is 7.66. The van der Waals surface area contributed by atoms with E-state index in [4.69, 9.17) is 16.3 Å². The second-order valence-electron chi connectivity index (χ2n) is 5.42. The zero-order valence-corrected chi connectivity index (χ0v) is 14.3. The van der Waals surface area contributed by atoms with Crippen LogP contribution in [0.25, 0.3) is 0 Å². The van der Waals surface area contributed by atoms with Crippen molar-refractivity contribution in [3.8, 4) is 0 Å². The van der Waals surface area contributed by atoms with Gasteiger partial charge < -0.3 is 4.74 Å². The fraction of sp³-hybridized carbons (Fsp3) is 0.294. The van der Waals surface area contributed by atoms with Gasteiger partial charge in [-0.15, -0.1) is 0 Å². The zero-order valence-electron chi connectivity index (χ0n) is 13.5. The minimum Gasteiger partial charge on any atom is -0.468 e. The number of methoxy groups -OCH3 is 1. The number of halogens is 4. The zero-order chi connectivity index (χ0) is 18.6. The number of hydrogen-bond donors (Lipinski definition) is 0. The third-order valence-corrected chi connectivity index (χ3v) is 3.90. The molecule has 0 radical (unpaired) electrons. The molecule has 8 heteroatoms. The van der Waals surface area contributed by atoms with Gasteiger partial charge in [0.05, 0.1) is 23.4 Å². The summed E-state index contributed by atoms with van der Waals surface area (Å²) in [6, 6.07) is 9.02. The molecule has 0 saturated carbocycles. The lowest BCUT2D eigenvalue weighted by Gasteiger charge is -2.26. The summed E-state index contributed by atoms with van der Waals surface area (Å²) in [7, 11) is 2.84. The number of benzene rings is 1. The molecule has 25 heavy (non-hydrogen) atoms. The summed E-state index contributed by atoms with van der Waals surface area (Å²) >= 11 is 5.98. The lowest BCUT2D eigenvalue weighted by molar-refractivity contribution is -0.147. The molecule has 0 saturated heterocycles. The summed E-state index contributed by atoms with van der Waals surface area (Å²) in [5.41, 5.74) is -0.0440. The number of carbonyl (C=O) groups is 1. The van der Waals surface area contributed by atoms with E-state index in [0.717, 1.165) is 11.6 Å². The molecule has 1 heterocycles. The fourth-order valence-electron chi connectivity index (χ4n) is 2.38. The molecule has 0 aliphatic carbocycles. The van der Waals surface area contributed by atoms with Gasteiger partial charge in [-0.1, -0.05) is 41.9 Å². The molecule has 2 rings (SSSR count). The van der Waals surface area contributed by atoms with E-state index in [1.807, 2.05) is 30.3 Å². The van der Waals surface area contributed by atoms with E-state index in [1.54, 1.807) is 11.9 Å². The second-order valence-corrected chi connectivity index (χ2v) is 5.82. The molecule has 1 unspecified atom stereocenters. The van der Waals surface area contributed by atoms with E-state index in [1.165, 1.54) is 7.11 Å². The van der Waals surface area contributed by atoms with E-state index in [-0.39, 0.29) is 10.7 Å². The lowest BCUT2D eigenvalue weighted by Crippen LogP contribution is -2.32. The van der Waals surface area contributed by atoms with Crippen molar-refractivity contribution >= 4 is 17.6 Å². The predicted octanol–water partition coefficient (Wildman–Crippen LogP) is 4.10. The standard InChI is InChI=1S/C17H16ClF3N2O2/c1-23(10-11-6-4-3-5-7-11)15(16(24)25-2)14-13(18)8-12(9-22-14)17(19,20)21/h3-9,15H,10H2,1-2H3. The Balaban J connectivity index is 2.36. The number of ether oxygens (including phenoxy) is 1. The first kappa shape index (κ1) is 19.2. The van der Waals surface area contributed by atoms with Crippen molar-refractivity contribution in [1.82, 2.24) is 9.88 Å². The summed E-state index contributed by atoms with van der Waals surface area (Å²) < 4.78 is 43.1. The van der Waals surface area contributed by atoms with Crippen LogP contribution in [-0.4, -0.2) is 30.0 Å². The molecule has 0 aliphatic heterocycles. The van der Waals surface area contributed by atoms with Gasteiger partial charge in [0, 0.05) is 12.7 Å². The highest BCUT2D eigenvalue weighted by Crippen LogP contribution is 2.34. The Hall–Kier alpha value is -2.12. The van der Waals surface area contributed by atoms with Crippen LogP contribution < -0.4 is 0 Å². The van der Waals surface area contributed by atoms with Crippen molar-refractivity contribution in [2.75, 3.05) is 14.2 Å². The van der Waals surface area contributed by atoms with E-state index in [2.05, 4.69) is 4.98 Å². The molecule has 134 valence electrons. The third kappa shape index (κ3) is 4.70. The van der Waals surface area contributed by atoms with Crippen LogP contribution >= 0.6 is 11.6 Å². The Morgan fingerprint density at radius 2 is 1.96 bits per heavy atom. The average Bonchev–Trinajstić information content (AvgIpc) is 2.56. The highest BCUT2D eigenvalue weighted by molar-refractivity contribution is 6.31. The van der Waals surface area contributed by atoms with Crippen molar-refractivity contribution in [3.05, 3.63) is 64.4 Å². The molecule has 0 aliphatic rings. The van der Waals surface area contributed by atoms with Crippen molar-refractivity contribution in [1.29, 1.82) is 0 Å². The van der Waals surface area contributed by atoms with E-state index in [9.17, 15) is 18.0 Å². The Kier molecular flexibility index (Phi) is 6.02. The molecule has 2 aromatic rings. The van der Waals surface area contributed by atoms with Gasteiger partial charge in [-0.05, 0) is 18.7 Å². The molecule has 1 aromatic carbocycles. The number of pyridine rings is 1. The molecular weight excluding hydrogens is 357 g/mol. The molecule has 4 nitrogen and oxygen atoms in total. The van der Waals surface area contributed by atoms with Gasteiger partial charge >= 0.3 is 12.1 Å². The summed E-state index contributed by atoms with van der Waals surface area (Å²) in [5, 5.41) is -0.245. The minimum atomic E-state index is -4.56. The van der Waals surface area contributed by atoms with E-state index in [0.29, 0.717) is 12.7 Å². The summed E-state index contributed by atoms with van der Waals surface area (Å²) in [5.74, 6) is -0.660. The van der Waals surface area contributed by atoms with E-state index < -0.39 is 23.8 Å². The van der Waals surface area contributed by atoms with Crippen molar-refractivity contribution in [2.24, 2.45) is 0 Å². The Labute approximate surface area is 148 Å². The average molecular weight is 373 g/mol. The smallest absolute Gasteiger partial charge is 0.417 e. The highest BCUT2D eigenvalue weighted by atomic mass is 35.5. The highest BCUT2D eigenvalue weighted by Gasteiger charge is 2.34. The normalized spacial score (nSPS) is 12.9. The number of rotatable bonds is 5. The number of nitrogens with zero attached hydrogens (tertiary/aromatic N) is 2. The SMILES string of the molecule is COC(=O)C(c1ncc(C(F)(F)F)cc1Cl)N(C)Cc1ccccc1. The van der Waals surface area contributed by atoms with Gasteiger partial charge in [0.2, 0.25) is 0 Å². The van der Waals surface area contributed by atoms with Crippen LogP contribution in [0.4, 0.5) is 13.2 Å². The topological polar surface area (TPSA) is 42.4 Å². The monoisotopic (exact) mass is 372 g/mol. The first-order chi connectivity index (χ1) is 11.7. The van der Waals surface area contributed by atoms with Gasteiger partial charge in [0.1, 0.15) is 0 Å². The predicted molar refractivity (Wildman–Crippen MR) is 86.9 cm³/mol. The largest absolute Gasteiger partial charge is 0.468 e. The van der Waals surface area contributed by atoms with Gasteiger partial charge in [0.15, 0.2) is 6.04 Å². The second kappa shape index (κ2) is 7.84. The Bertz CT molecular complexity index is 738. The number of carbonyl (C=O) groups excluding carboxylic acids is 1. The maximum Gasteiger partial charge on any atom is 0.417 e. The molecular formula is C17H16ClF3N2O2. The molecule has 0 N–H and O–H groups in total. The maximum atomic E-state index is 12.8. The van der Waals surface area contributed by atoms with Crippen molar-refractivity contribution in [3.63, 3.8) is 0 Å². The van der Waals surface area contributed by atoms with Gasteiger partial charge in [-0.25, -0.2) is 4.79 Å². The summed E-state index contributed by atoms with van der Waals surface area (Å²) in [6.07, 6.45) is -3.90. The molecule has 0 amide bonds. The molecule has 0 fully saturated rings. The first-order valence-electron chi connectivity index (χ1n) is 7.28. The number of esters is 1. The minimum absolute atomic E-state index is 0.0138. The van der Waals surface area contributed by atoms with Crippen LogP contribution in [0.15, 0.2) is 42.6 Å². The lowest BCUT2D eigenvalue weighted by atomic mass is 10.1. The number of aromatic nitrogens is 1. The Morgan fingerprint density at radius 1 is 1.32 bits per heavy atom. The van der Waals surface area contributed by atoms with Gasteiger partial charge in [-0.3, -0.25) is 9.88 Å². The van der Waals surface area contributed by atoms with E-state index >= 15 is 0 Å². The summed E-state index contributed by atoms with van der Waals surface area (Å²) in [6.45, 7) is 0.361. The van der Waals surface area contributed by atoms with Crippen molar-refractivity contribution < 1.29 is 22.7 Å². The van der Waals surface area contributed by atoms with Crippen LogP contribution in [0.1, 0.15) is 22.9 Å². The van der Waals surface area contributed by atoms with Gasteiger partial charge in [0.25, 0.3) is 0 Å². The molecule has 1 atom stereocenters. The van der Waals surface area contributed by atoms with Crippen LogP contribution in [0, 0.1) is 0 Å². The van der Waals surface area contributed by atoms with Crippen LogP contribution in [-0.2, 0) is 22.3 Å². The van der Waals surface area contributed by atoms with Crippen LogP contribution in [0.3, 0.4) is 0 Å². The number of likely N-dealkylation sites (N-methyl/N-ethyl adjacent to an activating group) is 1. The molecule has 0 spiro atoms. The van der Waals surface area contributed by atoms with Gasteiger partial charge in [-0.2, -0.15) is 13.2 Å². The van der Waals surface area contributed by atoms with Crippen LogP contribution in [0.5, 0.6) is 0 Å². The fourth-order valence-corrected chi connectivity index (χ4v) is 2.65.